The summed E-state index contributed by atoms with van der Waals surface area (Å²) in [6, 6.07) is 13.4. The lowest BCUT2D eigenvalue weighted by Crippen LogP contribution is -2.39. The zero-order valence-electron chi connectivity index (χ0n) is 22.5. The molecule has 11 nitrogen and oxygen atoms in total. The summed E-state index contributed by atoms with van der Waals surface area (Å²) in [5, 5.41) is 3.01. The van der Waals surface area contributed by atoms with Crippen LogP contribution in [0.4, 0.5) is 0 Å². The molecule has 6 rings (SSSR count). The van der Waals surface area contributed by atoms with Crippen LogP contribution in [0.15, 0.2) is 78.2 Å². The molecule has 4 aromatic rings. The van der Waals surface area contributed by atoms with Gasteiger partial charge >= 0.3 is 0 Å². The Morgan fingerprint density at radius 3 is 2.61 bits per heavy atom. The summed E-state index contributed by atoms with van der Waals surface area (Å²) in [6.45, 7) is 1.10. The molecule has 2 aliphatic rings. The first-order valence-corrected chi connectivity index (χ1v) is 14.9. The lowest BCUT2D eigenvalue weighted by molar-refractivity contribution is 0.0696. The van der Waals surface area contributed by atoms with Gasteiger partial charge in [0.05, 0.1) is 25.4 Å². The molecule has 41 heavy (non-hydrogen) atoms. The van der Waals surface area contributed by atoms with Crippen molar-refractivity contribution in [3.05, 3.63) is 96.0 Å². The third kappa shape index (κ3) is 5.33. The smallest absolute Gasteiger partial charge is 0.251 e. The fourth-order valence-corrected chi connectivity index (χ4v) is 7.07. The number of amides is 1. The van der Waals surface area contributed by atoms with E-state index in [4.69, 9.17) is 9.47 Å². The molecule has 1 atom stereocenters. The van der Waals surface area contributed by atoms with Crippen LogP contribution in [0.2, 0.25) is 0 Å². The number of sulfonamides is 1. The summed E-state index contributed by atoms with van der Waals surface area (Å²) in [6.07, 6.45) is 8.27. The number of benzene rings is 2. The number of carbonyl (C=O) groups excluding carboxylic acids is 1. The molecule has 2 aliphatic heterocycles. The van der Waals surface area contributed by atoms with Crippen LogP contribution in [0.3, 0.4) is 0 Å². The number of aromatic nitrogens is 4. The predicted molar refractivity (Wildman–Crippen MR) is 149 cm³/mol. The largest absolute Gasteiger partial charge is 0.495 e. The number of ether oxygens (including phenoxy) is 2. The second-order valence-electron chi connectivity index (χ2n) is 9.96. The average molecular weight is 575 g/mol. The second kappa shape index (κ2) is 11.4. The third-order valence-corrected chi connectivity index (χ3v) is 9.32. The molecule has 2 aromatic heterocycles. The summed E-state index contributed by atoms with van der Waals surface area (Å²) in [5.41, 5.74) is 1.65. The van der Waals surface area contributed by atoms with Crippen LogP contribution in [0.1, 0.15) is 46.3 Å². The normalized spacial score (nSPS) is 17.7. The predicted octanol–water partition coefficient (Wildman–Crippen LogP) is 3.07. The van der Waals surface area contributed by atoms with Crippen molar-refractivity contribution in [1.82, 2.24) is 29.1 Å². The van der Waals surface area contributed by atoms with E-state index in [9.17, 15) is 13.2 Å². The van der Waals surface area contributed by atoms with E-state index in [1.807, 2.05) is 30.3 Å². The van der Waals surface area contributed by atoms with Gasteiger partial charge in [0.15, 0.2) is 5.82 Å². The molecular formula is C29H30N6O5S. The van der Waals surface area contributed by atoms with Gasteiger partial charge in [-0.1, -0.05) is 30.3 Å². The Labute approximate surface area is 238 Å². The molecule has 1 amide bonds. The van der Waals surface area contributed by atoms with Crippen molar-refractivity contribution in [3.63, 3.8) is 0 Å². The van der Waals surface area contributed by atoms with E-state index >= 15 is 0 Å². The number of hydrogen-bond acceptors (Lipinski definition) is 8. The Bertz CT molecular complexity index is 1650. The highest BCUT2D eigenvalue weighted by molar-refractivity contribution is 7.89. The van der Waals surface area contributed by atoms with Crippen molar-refractivity contribution in [2.75, 3.05) is 20.3 Å². The molecule has 0 aliphatic carbocycles. The SMILES string of the molecule is COc1ccc(C(=O)NC2CCOCC2)cc1S(=O)(=O)N1Cc2nccnc2-n2ccnc2[C@H]1Cc1ccccc1. The van der Waals surface area contributed by atoms with Gasteiger partial charge in [0.2, 0.25) is 10.0 Å². The Balaban J connectivity index is 1.44. The lowest BCUT2D eigenvalue weighted by Gasteiger charge is -2.29. The Hall–Kier alpha value is -4.13. The molecular weight excluding hydrogens is 544 g/mol. The van der Waals surface area contributed by atoms with E-state index in [1.165, 1.54) is 23.5 Å². The second-order valence-corrected chi connectivity index (χ2v) is 11.8. The van der Waals surface area contributed by atoms with Gasteiger partial charge in [-0.25, -0.2) is 18.4 Å². The number of carbonyl (C=O) groups is 1. The van der Waals surface area contributed by atoms with Crippen LogP contribution >= 0.6 is 0 Å². The van der Waals surface area contributed by atoms with Gasteiger partial charge in [-0.3, -0.25) is 14.3 Å². The van der Waals surface area contributed by atoms with E-state index < -0.39 is 16.1 Å². The van der Waals surface area contributed by atoms with Gasteiger partial charge in [0.25, 0.3) is 5.91 Å². The summed E-state index contributed by atoms with van der Waals surface area (Å²) in [5.74, 6) is 0.828. The number of methoxy groups -OCH3 is 1. The van der Waals surface area contributed by atoms with Crippen LogP contribution in [0.5, 0.6) is 5.75 Å². The summed E-state index contributed by atoms with van der Waals surface area (Å²) >= 11 is 0. The third-order valence-electron chi connectivity index (χ3n) is 7.44. The molecule has 2 aromatic carbocycles. The maximum atomic E-state index is 14.6. The highest BCUT2D eigenvalue weighted by atomic mass is 32.2. The molecule has 0 radical (unpaired) electrons. The van der Waals surface area contributed by atoms with E-state index in [2.05, 4.69) is 20.3 Å². The van der Waals surface area contributed by atoms with Crippen molar-refractivity contribution in [2.45, 2.75) is 42.8 Å². The zero-order chi connectivity index (χ0) is 28.4. The maximum absolute atomic E-state index is 14.6. The average Bonchev–Trinajstić information content (AvgIpc) is 3.44. The van der Waals surface area contributed by atoms with Gasteiger partial charge in [0.1, 0.15) is 16.5 Å². The van der Waals surface area contributed by atoms with Crippen molar-refractivity contribution in [3.8, 4) is 11.6 Å². The monoisotopic (exact) mass is 574 g/mol. The summed E-state index contributed by atoms with van der Waals surface area (Å²) in [7, 11) is -2.85. The standard InChI is InChI=1S/C29H30N6O5S/c1-39-25-8-7-21(29(36)33-22-9-15-40-16-10-22)18-26(25)41(37,38)35-19-23-27(31-12-11-30-23)34-14-13-32-28(34)24(35)17-20-5-3-2-4-6-20/h2-8,11-14,18,22,24H,9-10,15-17,19H2,1H3,(H,33,36)/t24-/m1/s1. The molecule has 0 saturated carbocycles. The number of nitrogens with zero attached hydrogens (tertiary/aromatic N) is 5. The highest BCUT2D eigenvalue weighted by Crippen LogP contribution is 2.38. The van der Waals surface area contributed by atoms with Gasteiger partial charge < -0.3 is 14.8 Å². The van der Waals surface area contributed by atoms with Gasteiger partial charge in [0, 0.05) is 49.6 Å². The van der Waals surface area contributed by atoms with Gasteiger partial charge in [-0.05, 0) is 43.0 Å². The first kappa shape index (κ1) is 27.1. The van der Waals surface area contributed by atoms with E-state index in [1.54, 1.807) is 35.4 Å². The quantitative estimate of drug-likeness (QED) is 0.357. The number of imidazole rings is 1. The molecule has 1 N–H and O–H groups in total. The molecule has 1 saturated heterocycles. The van der Waals surface area contributed by atoms with Crippen LogP contribution in [-0.4, -0.2) is 64.5 Å². The number of hydrogen-bond donors (Lipinski definition) is 1. The molecule has 1 fully saturated rings. The van der Waals surface area contributed by atoms with Crippen molar-refractivity contribution in [2.24, 2.45) is 0 Å². The molecule has 12 heteroatoms. The molecule has 4 heterocycles. The van der Waals surface area contributed by atoms with E-state index in [0.29, 0.717) is 49.8 Å². The lowest BCUT2D eigenvalue weighted by atomic mass is 10.1. The fourth-order valence-electron chi connectivity index (χ4n) is 5.34. The number of fused-ring (bicyclic) bond motifs is 3. The number of nitrogens with one attached hydrogen (secondary N) is 1. The van der Waals surface area contributed by atoms with E-state index in [-0.39, 0.29) is 34.7 Å². The minimum Gasteiger partial charge on any atom is -0.495 e. The molecule has 0 bridgehead atoms. The van der Waals surface area contributed by atoms with Crippen LogP contribution < -0.4 is 10.1 Å². The molecule has 0 unspecified atom stereocenters. The molecule has 212 valence electrons. The highest BCUT2D eigenvalue weighted by Gasteiger charge is 2.40. The van der Waals surface area contributed by atoms with Crippen molar-refractivity contribution < 1.29 is 22.7 Å². The van der Waals surface area contributed by atoms with Crippen LogP contribution in [0.25, 0.3) is 5.82 Å². The van der Waals surface area contributed by atoms with E-state index in [0.717, 1.165) is 5.56 Å². The Kier molecular flexibility index (Phi) is 7.52. The topological polar surface area (TPSA) is 129 Å². The van der Waals surface area contributed by atoms with Gasteiger partial charge in [-0.15, -0.1) is 0 Å². The summed E-state index contributed by atoms with van der Waals surface area (Å²) in [4.78, 5) is 26.7. The minimum absolute atomic E-state index is 0.0341. The number of rotatable bonds is 7. The first-order valence-electron chi connectivity index (χ1n) is 13.4. The Morgan fingerprint density at radius 2 is 1.83 bits per heavy atom. The maximum Gasteiger partial charge on any atom is 0.251 e. The minimum atomic E-state index is -4.26. The first-order chi connectivity index (χ1) is 20.0. The zero-order valence-corrected chi connectivity index (χ0v) is 23.3. The van der Waals surface area contributed by atoms with Crippen LogP contribution in [-0.2, 0) is 27.7 Å². The molecule has 0 spiro atoms. The summed E-state index contributed by atoms with van der Waals surface area (Å²) < 4.78 is 43.4. The van der Waals surface area contributed by atoms with Gasteiger partial charge in [-0.2, -0.15) is 4.31 Å². The fraction of sp³-hybridized carbons (Fsp3) is 0.310. The van der Waals surface area contributed by atoms with Crippen LogP contribution in [0, 0.1) is 0 Å². The van der Waals surface area contributed by atoms with Crippen molar-refractivity contribution in [1.29, 1.82) is 0 Å². The van der Waals surface area contributed by atoms with Crippen molar-refractivity contribution >= 4 is 15.9 Å². The Morgan fingerprint density at radius 1 is 1.05 bits per heavy atom.